The molecule has 0 spiro atoms. The number of hydrogen-bond donors (Lipinski definition) is 1. The van der Waals surface area contributed by atoms with E-state index >= 15 is 0 Å². The molecule has 0 amide bonds. The third-order valence-electron chi connectivity index (χ3n) is 3.36. The number of fused-ring (bicyclic) bond motifs is 1. The molecule has 4 nitrogen and oxygen atoms in total. The summed E-state index contributed by atoms with van der Waals surface area (Å²) in [6, 6.07) is 13.8. The van der Waals surface area contributed by atoms with Crippen LogP contribution in [0.2, 0.25) is 0 Å². The summed E-state index contributed by atoms with van der Waals surface area (Å²) in [6.07, 6.45) is 0. The fraction of sp³-hybridized carbons (Fsp3) is 0.188. The van der Waals surface area contributed by atoms with E-state index in [4.69, 9.17) is 10.2 Å². The third-order valence-corrected chi connectivity index (χ3v) is 3.36. The lowest BCUT2D eigenvalue weighted by Crippen LogP contribution is -2.17. The zero-order valence-electron chi connectivity index (χ0n) is 11.6. The first-order chi connectivity index (χ1) is 9.63. The van der Waals surface area contributed by atoms with Gasteiger partial charge in [0, 0.05) is 24.5 Å². The summed E-state index contributed by atoms with van der Waals surface area (Å²) >= 11 is 0. The van der Waals surface area contributed by atoms with Crippen molar-refractivity contribution >= 4 is 22.5 Å². The van der Waals surface area contributed by atoms with Gasteiger partial charge in [0.15, 0.2) is 5.58 Å². The average Bonchev–Trinajstić information content (AvgIpc) is 2.80. The number of aryl methyl sites for hydroxylation is 1. The van der Waals surface area contributed by atoms with Crippen LogP contribution in [0, 0.1) is 6.92 Å². The number of rotatable bonds is 3. The highest BCUT2D eigenvalue weighted by atomic mass is 16.3. The summed E-state index contributed by atoms with van der Waals surface area (Å²) in [5.74, 6) is 0.691. The highest BCUT2D eigenvalue weighted by Crippen LogP contribution is 2.22. The Bertz CT molecular complexity index is 748. The molecule has 4 heteroatoms. The van der Waals surface area contributed by atoms with Crippen LogP contribution in [0.5, 0.6) is 0 Å². The van der Waals surface area contributed by atoms with Gasteiger partial charge in [0.1, 0.15) is 5.52 Å². The minimum Gasteiger partial charge on any atom is -0.439 e. The van der Waals surface area contributed by atoms with Crippen molar-refractivity contribution < 1.29 is 4.42 Å². The van der Waals surface area contributed by atoms with E-state index < -0.39 is 0 Å². The van der Waals surface area contributed by atoms with Gasteiger partial charge in [-0.15, -0.1) is 0 Å². The van der Waals surface area contributed by atoms with Gasteiger partial charge < -0.3 is 15.1 Å². The van der Waals surface area contributed by atoms with E-state index in [1.165, 1.54) is 11.3 Å². The van der Waals surface area contributed by atoms with Crippen LogP contribution in [-0.4, -0.2) is 12.0 Å². The van der Waals surface area contributed by atoms with Crippen LogP contribution < -0.4 is 10.6 Å². The highest BCUT2D eigenvalue weighted by Gasteiger charge is 2.10. The Morgan fingerprint density at radius 2 is 2.00 bits per heavy atom. The van der Waals surface area contributed by atoms with Gasteiger partial charge in [-0.2, -0.15) is 0 Å². The van der Waals surface area contributed by atoms with Crippen molar-refractivity contribution in [2.24, 2.45) is 0 Å². The van der Waals surface area contributed by atoms with E-state index in [9.17, 15) is 0 Å². The number of para-hydroxylation sites is 1. The fourth-order valence-corrected chi connectivity index (χ4v) is 2.34. The molecule has 20 heavy (non-hydrogen) atoms. The molecule has 0 atom stereocenters. The molecular formula is C16H17N3O. The number of nitrogens with zero attached hydrogens (tertiary/aromatic N) is 2. The van der Waals surface area contributed by atoms with Gasteiger partial charge >= 0.3 is 0 Å². The van der Waals surface area contributed by atoms with Gasteiger partial charge in [-0.05, 0) is 30.7 Å². The van der Waals surface area contributed by atoms with Crippen molar-refractivity contribution in [2.75, 3.05) is 17.7 Å². The zero-order chi connectivity index (χ0) is 14.1. The maximum absolute atomic E-state index is 5.75. The summed E-state index contributed by atoms with van der Waals surface area (Å²) in [4.78, 5) is 6.61. The fourth-order valence-electron chi connectivity index (χ4n) is 2.34. The number of nitrogens with two attached hydrogens (primary N) is 1. The number of oxazole rings is 1. The molecule has 0 fully saturated rings. The van der Waals surface area contributed by atoms with Crippen LogP contribution in [0.25, 0.3) is 11.1 Å². The second-order valence-corrected chi connectivity index (χ2v) is 4.98. The first kappa shape index (κ1) is 12.5. The third kappa shape index (κ3) is 2.32. The molecule has 0 saturated heterocycles. The molecule has 1 heterocycles. The summed E-state index contributed by atoms with van der Waals surface area (Å²) in [5, 5.41) is 0. The molecule has 2 aromatic carbocycles. The molecule has 0 bridgehead atoms. The normalized spacial score (nSPS) is 10.9. The molecule has 0 aliphatic carbocycles. The van der Waals surface area contributed by atoms with E-state index in [2.05, 4.69) is 28.9 Å². The Morgan fingerprint density at radius 3 is 2.80 bits per heavy atom. The van der Waals surface area contributed by atoms with Crippen LogP contribution in [0.15, 0.2) is 46.9 Å². The van der Waals surface area contributed by atoms with E-state index in [1.807, 2.05) is 31.3 Å². The van der Waals surface area contributed by atoms with Crippen molar-refractivity contribution in [1.82, 2.24) is 4.98 Å². The van der Waals surface area contributed by atoms with Gasteiger partial charge in [-0.1, -0.05) is 18.2 Å². The van der Waals surface area contributed by atoms with Crippen LogP contribution in [0.1, 0.15) is 11.5 Å². The summed E-state index contributed by atoms with van der Waals surface area (Å²) in [7, 11) is 2.03. The van der Waals surface area contributed by atoms with Crippen LogP contribution >= 0.6 is 0 Å². The maximum atomic E-state index is 5.75. The minimum absolute atomic E-state index is 0.624. The van der Waals surface area contributed by atoms with E-state index in [0.29, 0.717) is 18.1 Å². The molecule has 0 aliphatic rings. The monoisotopic (exact) mass is 267 g/mol. The number of nitrogen functional groups attached to an aromatic ring is 1. The average molecular weight is 267 g/mol. The molecule has 102 valence electrons. The Hall–Kier alpha value is -2.49. The molecule has 0 unspecified atom stereocenters. The van der Waals surface area contributed by atoms with Crippen molar-refractivity contribution in [3.8, 4) is 0 Å². The van der Waals surface area contributed by atoms with Crippen molar-refractivity contribution in [2.45, 2.75) is 13.5 Å². The van der Waals surface area contributed by atoms with Crippen LogP contribution in [0.4, 0.5) is 11.4 Å². The quantitative estimate of drug-likeness (QED) is 0.739. The largest absolute Gasteiger partial charge is 0.439 e. The molecular weight excluding hydrogens is 250 g/mol. The van der Waals surface area contributed by atoms with Crippen LogP contribution in [-0.2, 0) is 6.54 Å². The second-order valence-electron chi connectivity index (χ2n) is 4.98. The number of aromatic nitrogens is 1. The Labute approximate surface area is 117 Å². The number of hydrogen-bond acceptors (Lipinski definition) is 4. The van der Waals surface area contributed by atoms with Gasteiger partial charge in [-0.25, -0.2) is 4.98 Å². The molecule has 2 N–H and O–H groups in total. The van der Waals surface area contributed by atoms with E-state index in [-0.39, 0.29) is 0 Å². The van der Waals surface area contributed by atoms with Gasteiger partial charge in [0.05, 0.1) is 6.54 Å². The predicted octanol–water partition coefficient (Wildman–Crippen LogP) is 3.35. The van der Waals surface area contributed by atoms with Crippen molar-refractivity contribution in [1.29, 1.82) is 0 Å². The molecule has 1 aromatic heterocycles. The number of benzene rings is 2. The Balaban J connectivity index is 1.87. The summed E-state index contributed by atoms with van der Waals surface area (Å²) < 4.78 is 5.75. The predicted molar refractivity (Wildman–Crippen MR) is 81.7 cm³/mol. The van der Waals surface area contributed by atoms with Crippen molar-refractivity contribution in [3.63, 3.8) is 0 Å². The van der Waals surface area contributed by atoms with E-state index in [1.54, 1.807) is 6.07 Å². The van der Waals surface area contributed by atoms with Crippen LogP contribution in [0.3, 0.4) is 0 Å². The lowest BCUT2D eigenvalue weighted by molar-refractivity contribution is 0.527. The SMILES string of the molecule is Cc1ccccc1N(C)Cc1nc2ccc(N)cc2o1. The van der Waals surface area contributed by atoms with Gasteiger partial charge in [0.25, 0.3) is 0 Å². The smallest absolute Gasteiger partial charge is 0.215 e. The molecule has 3 aromatic rings. The highest BCUT2D eigenvalue weighted by molar-refractivity contribution is 5.76. The van der Waals surface area contributed by atoms with E-state index in [0.717, 1.165) is 11.1 Å². The van der Waals surface area contributed by atoms with Crippen molar-refractivity contribution in [3.05, 3.63) is 53.9 Å². The topological polar surface area (TPSA) is 55.3 Å². The number of anilines is 2. The molecule has 0 radical (unpaired) electrons. The standard InChI is InChI=1S/C16H17N3O/c1-11-5-3-4-6-14(11)19(2)10-16-18-13-8-7-12(17)9-15(13)20-16/h3-9H,10,17H2,1-2H3. The summed E-state index contributed by atoms with van der Waals surface area (Å²) in [6.45, 7) is 2.72. The zero-order valence-corrected chi connectivity index (χ0v) is 11.6. The summed E-state index contributed by atoms with van der Waals surface area (Å²) in [5.41, 5.74) is 10.4. The molecule has 0 saturated carbocycles. The Kier molecular flexibility index (Phi) is 3.06. The first-order valence-corrected chi connectivity index (χ1v) is 6.55. The Morgan fingerprint density at radius 1 is 1.20 bits per heavy atom. The molecule has 3 rings (SSSR count). The first-order valence-electron chi connectivity index (χ1n) is 6.55. The lowest BCUT2D eigenvalue weighted by Gasteiger charge is -2.19. The minimum atomic E-state index is 0.624. The molecule has 0 aliphatic heterocycles. The van der Waals surface area contributed by atoms with Gasteiger partial charge in [0.2, 0.25) is 5.89 Å². The maximum Gasteiger partial charge on any atom is 0.215 e. The second kappa shape index (κ2) is 4.89. The van der Waals surface area contributed by atoms with Gasteiger partial charge in [-0.3, -0.25) is 0 Å². The lowest BCUT2D eigenvalue weighted by atomic mass is 10.2.